The molecular formula is C19H18N2O5S. The van der Waals surface area contributed by atoms with Crippen molar-refractivity contribution in [2.75, 3.05) is 19.0 Å². The number of nitrogens with one attached hydrogen (secondary N) is 1. The lowest BCUT2D eigenvalue weighted by Gasteiger charge is -2.12. The van der Waals surface area contributed by atoms with Crippen molar-refractivity contribution >= 4 is 32.4 Å². The smallest absolute Gasteiger partial charge is 0.262 e. The molecule has 8 heteroatoms. The maximum Gasteiger partial charge on any atom is 0.262 e. The summed E-state index contributed by atoms with van der Waals surface area (Å²) in [6.07, 6.45) is 0. The minimum Gasteiger partial charge on any atom is -0.495 e. The third-order valence-corrected chi connectivity index (χ3v) is 4.79. The van der Waals surface area contributed by atoms with Gasteiger partial charge in [-0.1, -0.05) is 36.4 Å². The number of fused-ring (bicyclic) bond motifs is 1. The second-order valence-corrected chi connectivity index (χ2v) is 7.25. The molecule has 3 rings (SSSR count). The van der Waals surface area contributed by atoms with Gasteiger partial charge < -0.3 is 14.8 Å². The highest BCUT2D eigenvalue weighted by Crippen LogP contribution is 2.27. The van der Waals surface area contributed by atoms with Crippen molar-refractivity contribution in [3.8, 4) is 11.5 Å². The van der Waals surface area contributed by atoms with E-state index in [9.17, 15) is 13.2 Å². The predicted molar refractivity (Wildman–Crippen MR) is 102 cm³/mol. The fraction of sp³-hybridized carbons (Fsp3) is 0.105. The number of nitrogens with two attached hydrogens (primary N) is 1. The van der Waals surface area contributed by atoms with Crippen LogP contribution in [0.3, 0.4) is 0 Å². The average Bonchev–Trinajstić information content (AvgIpc) is 2.65. The molecule has 3 aromatic rings. The number of carbonyl (C=O) groups excluding carboxylic acids is 1. The Morgan fingerprint density at radius 1 is 1.04 bits per heavy atom. The summed E-state index contributed by atoms with van der Waals surface area (Å²) in [5, 5.41) is 9.66. The Bertz CT molecular complexity index is 1090. The maximum absolute atomic E-state index is 12.2. The minimum atomic E-state index is -3.99. The lowest BCUT2D eigenvalue weighted by atomic mass is 10.1. The van der Waals surface area contributed by atoms with Crippen molar-refractivity contribution in [3.63, 3.8) is 0 Å². The van der Waals surface area contributed by atoms with E-state index >= 15 is 0 Å². The Labute approximate surface area is 156 Å². The van der Waals surface area contributed by atoms with E-state index in [1.54, 1.807) is 6.07 Å². The molecule has 7 nitrogen and oxygen atoms in total. The summed E-state index contributed by atoms with van der Waals surface area (Å²) in [5.41, 5.74) is 0.270. The summed E-state index contributed by atoms with van der Waals surface area (Å²) in [7, 11) is -2.66. The molecule has 1 amide bonds. The second kappa shape index (κ2) is 7.65. The van der Waals surface area contributed by atoms with E-state index in [1.807, 2.05) is 36.4 Å². The molecule has 0 aliphatic carbocycles. The van der Waals surface area contributed by atoms with Crippen LogP contribution in [0.25, 0.3) is 10.8 Å². The molecular weight excluding hydrogens is 368 g/mol. The molecule has 0 aromatic heterocycles. The zero-order valence-electron chi connectivity index (χ0n) is 14.5. The van der Waals surface area contributed by atoms with Gasteiger partial charge in [0.25, 0.3) is 5.91 Å². The van der Waals surface area contributed by atoms with E-state index in [-0.39, 0.29) is 22.9 Å². The van der Waals surface area contributed by atoms with Gasteiger partial charge >= 0.3 is 0 Å². The number of amides is 1. The molecule has 0 fully saturated rings. The van der Waals surface area contributed by atoms with E-state index in [2.05, 4.69) is 5.32 Å². The Morgan fingerprint density at radius 2 is 1.78 bits per heavy atom. The number of carbonyl (C=O) groups is 1. The number of anilines is 1. The van der Waals surface area contributed by atoms with Gasteiger partial charge in [0, 0.05) is 11.1 Å². The zero-order valence-corrected chi connectivity index (χ0v) is 15.3. The summed E-state index contributed by atoms with van der Waals surface area (Å²) in [4.78, 5) is 12.0. The standard InChI is InChI=1S/C19H18N2O5S/c1-25-17-10-9-14(11-18(17)27(20,23)24)21-19(22)12-26-16-8-4-6-13-5-2-3-7-15(13)16/h2-11H,12H2,1H3,(H,21,22)(H2,20,23,24). The highest BCUT2D eigenvalue weighted by molar-refractivity contribution is 7.89. The number of rotatable bonds is 6. The monoisotopic (exact) mass is 386 g/mol. The Balaban J connectivity index is 1.73. The normalized spacial score (nSPS) is 11.2. The quantitative estimate of drug-likeness (QED) is 0.677. The first kappa shape index (κ1) is 18.7. The molecule has 140 valence electrons. The van der Waals surface area contributed by atoms with Gasteiger partial charge in [0.2, 0.25) is 10.0 Å². The van der Waals surface area contributed by atoms with E-state index in [0.717, 1.165) is 10.8 Å². The van der Waals surface area contributed by atoms with Crippen LogP contribution in [0.1, 0.15) is 0 Å². The molecule has 0 spiro atoms. The highest BCUT2D eigenvalue weighted by atomic mass is 32.2. The van der Waals surface area contributed by atoms with Crippen LogP contribution in [-0.4, -0.2) is 28.0 Å². The minimum absolute atomic E-state index is 0.0995. The number of benzene rings is 3. The third kappa shape index (κ3) is 4.36. The molecule has 0 aliphatic rings. The van der Waals surface area contributed by atoms with Crippen LogP contribution >= 0.6 is 0 Å². The van der Waals surface area contributed by atoms with E-state index < -0.39 is 15.9 Å². The van der Waals surface area contributed by atoms with Gasteiger partial charge in [0.1, 0.15) is 16.4 Å². The first-order valence-electron chi connectivity index (χ1n) is 8.00. The summed E-state index contributed by atoms with van der Waals surface area (Å²) in [5.74, 6) is 0.249. The molecule has 0 saturated heterocycles. The van der Waals surface area contributed by atoms with Crippen LogP contribution in [-0.2, 0) is 14.8 Å². The number of primary sulfonamides is 1. The molecule has 0 unspecified atom stereocenters. The highest BCUT2D eigenvalue weighted by Gasteiger charge is 2.16. The van der Waals surface area contributed by atoms with Crippen molar-refractivity contribution < 1.29 is 22.7 Å². The fourth-order valence-electron chi connectivity index (χ4n) is 2.64. The van der Waals surface area contributed by atoms with Gasteiger partial charge in [-0.3, -0.25) is 4.79 Å². The zero-order chi connectivity index (χ0) is 19.4. The average molecular weight is 386 g/mol. The molecule has 27 heavy (non-hydrogen) atoms. The Hall–Kier alpha value is -3.10. The van der Waals surface area contributed by atoms with Gasteiger partial charge in [-0.15, -0.1) is 0 Å². The van der Waals surface area contributed by atoms with E-state index in [4.69, 9.17) is 14.6 Å². The van der Waals surface area contributed by atoms with Crippen LogP contribution in [0.5, 0.6) is 11.5 Å². The van der Waals surface area contributed by atoms with Gasteiger partial charge in [-0.05, 0) is 29.7 Å². The number of sulfonamides is 1. The van der Waals surface area contributed by atoms with Crippen molar-refractivity contribution in [1.82, 2.24) is 0 Å². The van der Waals surface area contributed by atoms with Crippen LogP contribution < -0.4 is 19.9 Å². The first-order chi connectivity index (χ1) is 12.9. The Morgan fingerprint density at radius 3 is 2.52 bits per heavy atom. The largest absolute Gasteiger partial charge is 0.495 e. The number of hydrogen-bond donors (Lipinski definition) is 2. The van der Waals surface area contributed by atoms with Crippen molar-refractivity contribution in [3.05, 3.63) is 60.7 Å². The van der Waals surface area contributed by atoms with Crippen LogP contribution in [0, 0.1) is 0 Å². The molecule has 0 radical (unpaired) electrons. The fourth-order valence-corrected chi connectivity index (χ4v) is 3.36. The Kier molecular flexibility index (Phi) is 5.29. The molecule has 3 aromatic carbocycles. The van der Waals surface area contributed by atoms with Gasteiger partial charge in [-0.2, -0.15) is 0 Å². The maximum atomic E-state index is 12.2. The molecule has 0 aliphatic heterocycles. The van der Waals surface area contributed by atoms with Crippen molar-refractivity contribution in [2.24, 2.45) is 5.14 Å². The molecule has 3 N–H and O–H groups in total. The van der Waals surface area contributed by atoms with Gasteiger partial charge in [-0.25, -0.2) is 13.6 Å². The second-order valence-electron chi connectivity index (χ2n) is 5.72. The SMILES string of the molecule is COc1ccc(NC(=O)COc2cccc3ccccc23)cc1S(N)(=O)=O. The molecule has 0 saturated carbocycles. The summed E-state index contributed by atoms with van der Waals surface area (Å²) in [6.45, 7) is -0.231. The van der Waals surface area contributed by atoms with E-state index in [0.29, 0.717) is 5.75 Å². The topological polar surface area (TPSA) is 108 Å². The number of hydrogen-bond acceptors (Lipinski definition) is 5. The summed E-state index contributed by atoms with van der Waals surface area (Å²) < 4.78 is 33.9. The molecule has 0 heterocycles. The van der Waals surface area contributed by atoms with Crippen LogP contribution in [0.4, 0.5) is 5.69 Å². The van der Waals surface area contributed by atoms with Crippen LogP contribution in [0.2, 0.25) is 0 Å². The summed E-state index contributed by atoms with van der Waals surface area (Å²) >= 11 is 0. The number of ether oxygens (including phenoxy) is 2. The van der Waals surface area contributed by atoms with E-state index in [1.165, 1.54) is 25.3 Å². The van der Waals surface area contributed by atoms with Gasteiger partial charge in [0.05, 0.1) is 7.11 Å². The lowest BCUT2D eigenvalue weighted by Crippen LogP contribution is -2.21. The van der Waals surface area contributed by atoms with Gasteiger partial charge in [0.15, 0.2) is 6.61 Å². The van der Waals surface area contributed by atoms with Crippen molar-refractivity contribution in [2.45, 2.75) is 4.90 Å². The number of methoxy groups -OCH3 is 1. The first-order valence-corrected chi connectivity index (χ1v) is 9.54. The van der Waals surface area contributed by atoms with Crippen LogP contribution in [0.15, 0.2) is 65.6 Å². The summed E-state index contributed by atoms with van der Waals surface area (Å²) in [6, 6.07) is 17.4. The lowest BCUT2D eigenvalue weighted by molar-refractivity contribution is -0.118. The van der Waals surface area contributed by atoms with Crippen molar-refractivity contribution in [1.29, 1.82) is 0 Å². The predicted octanol–water partition coefficient (Wildman–Crippen LogP) is 2.51. The molecule has 0 atom stereocenters. The third-order valence-electron chi connectivity index (χ3n) is 3.86. The molecule has 0 bridgehead atoms.